The number of fused-ring (bicyclic) bond motifs is 3. The fraction of sp³-hybridized carbons (Fsp3) is 0.900. The zero-order valence-electron chi connectivity index (χ0n) is 14.9. The van der Waals surface area contributed by atoms with Crippen molar-refractivity contribution in [1.29, 1.82) is 0 Å². The highest BCUT2D eigenvalue weighted by Crippen LogP contribution is 2.66. The molecule has 0 heterocycles. The molecule has 1 unspecified atom stereocenters. The minimum atomic E-state index is -0.723. The van der Waals surface area contributed by atoms with Crippen molar-refractivity contribution in [3.05, 3.63) is 12.7 Å². The molecule has 0 aromatic rings. The lowest BCUT2D eigenvalue weighted by Gasteiger charge is -2.66. The molecule has 2 N–H and O–H groups in total. The Balaban J connectivity index is 2.00. The van der Waals surface area contributed by atoms with Crippen molar-refractivity contribution >= 4 is 0 Å². The van der Waals surface area contributed by atoms with Gasteiger partial charge >= 0.3 is 0 Å². The van der Waals surface area contributed by atoms with E-state index in [1.165, 1.54) is 12.8 Å². The van der Waals surface area contributed by atoms with Crippen LogP contribution in [0, 0.1) is 28.1 Å². The fourth-order valence-corrected chi connectivity index (χ4v) is 6.95. The van der Waals surface area contributed by atoms with Gasteiger partial charge in [-0.15, -0.1) is 6.58 Å². The third kappa shape index (κ3) is 2.21. The first-order valence-electron chi connectivity index (χ1n) is 9.10. The van der Waals surface area contributed by atoms with E-state index in [9.17, 15) is 10.2 Å². The molecule has 22 heavy (non-hydrogen) atoms. The van der Waals surface area contributed by atoms with Crippen LogP contribution < -0.4 is 0 Å². The SMILES string of the molecule is C=C[C@]1(C)CC[C@H]2[C@@](O)(CC(O)[C@H]3C(C)(C)CCC[C@@]32C)C1. The maximum atomic E-state index is 11.5. The molecule has 3 fully saturated rings. The van der Waals surface area contributed by atoms with Gasteiger partial charge in [-0.2, -0.15) is 0 Å². The molecule has 3 aliphatic rings. The topological polar surface area (TPSA) is 40.5 Å². The Morgan fingerprint density at radius 3 is 2.41 bits per heavy atom. The Morgan fingerprint density at radius 2 is 1.77 bits per heavy atom. The zero-order valence-corrected chi connectivity index (χ0v) is 14.9. The van der Waals surface area contributed by atoms with E-state index in [4.69, 9.17) is 0 Å². The Morgan fingerprint density at radius 1 is 1.09 bits per heavy atom. The molecule has 3 saturated carbocycles. The number of aliphatic hydroxyl groups is 2. The summed E-state index contributed by atoms with van der Waals surface area (Å²) >= 11 is 0. The number of allylic oxidation sites excluding steroid dienone is 1. The van der Waals surface area contributed by atoms with Crippen molar-refractivity contribution in [3.8, 4) is 0 Å². The van der Waals surface area contributed by atoms with Gasteiger partial charge in [0.25, 0.3) is 0 Å². The van der Waals surface area contributed by atoms with Crippen LogP contribution in [0.3, 0.4) is 0 Å². The van der Waals surface area contributed by atoms with E-state index in [-0.39, 0.29) is 22.3 Å². The van der Waals surface area contributed by atoms with Crippen molar-refractivity contribution in [3.63, 3.8) is 0 Å². The summed E-state index contributed by atoms with van der Waals surface area (Å²) in [6.07, 6.45) is 8.69. The summed E-state index contributed by atoms with van der Waals surface area (Å²) in [4.78, 5) is 0. The maximum Gasteiger partial charge on any atom is 0.0714 e. The Kier molecular flexibility index (Phi) is 3.63. The first kappa shape index (κ1) is 16.5. The number of hydrogen-bond donors (Lipinski definition) is 2. The van der Waals surface area contributed by atoms with E-state index < -0.39 is 5.60 Å². The normalized spacial score (nSPS) is 54.2. The summed E-state index contributed by atoms with van der Waals surface area (Å²) in [6.45, 7) is 13.2. The van der Waals surface area contributed by atoms with Gasteiger partial charge in [0.1, 0.15) is 0 Å². The minimum absolute atomic E-state index is 0.0123. The monoisotopic (exact) mass is 306 g/mol. The van der Waals surface area contributed by atoms with Crippen LogP contribution in [0.2, 0.25) is 0 Å². The van der Waals surface area contributed by atoms with Crippen LogP contribution in [0.25, 0.3) is 0 Å². The van der Waals surface area contributed by atoms with Crippen molar-refractivity contribution in [2.75, 3.05) is 0 Å². The molecule has 0 saturated heterocycles. The predicted molar refractivity (Wildman–Crippen MR) is 90.4 cm³/mol. The van der Waals surface area contributed by atoms with Crippen LogP contribution in [0.1, 0.15) is 72.6 Å². The van der Waals surface area contributed by atoms with Crippen LogP contribution in [0.4, 0.5) is 0 Å². The second-order valence-electron chi connectivity index (χ2n) is 9.83. The molecule has 3 rings (SSSR count). The molecule has 2 nitrogen and oxygen atoms in total. The minimum Gasteiger partial charge on any atom is -0.393 e. The van der Waals surface area contributed by atoms with E-state index in [0.717, 1.165) is 25.7 Å². The van der Waals surface area contributed by atoms with E-state index >= 15 is 0 Å². The third-order valence-corrected chi connectivity index (χ3v) is 7.69. The van der Waals surface area contributed by atoms with Crippen molar-refractivity contribution in [2.45, 2.75) is 84.3 Å². The van der Waals surface area contributed by atoms with Gasteiger partial charge in [-0.05, 0) is 60.2 Å². The van der Waals surface area contributed by atoms with E-state index in [1.54, 1.807) is 0 Å². The molecule has 2 heteroatoms. The third-order valence-electron chi connectivity index (χ3n) is 7.69. The lowest BCUT2D eigenvalue weighted by atomic mass is 9.41. The zero-order chi connectivity index (χ0) is 16.4. The average molecular weight is 306 g/mol. The lowest BCUT2D eigenvalue weighted by Crippen LogP contribution is -2.65. The van der Waals surface area contributed by atoms with Crippen molar-refractivity contribution in [1.82, 2.24) is 0 Å². The fourth-order valence-electron chi connectivity index (χ4n) is 6.95. The van der Waals surface area contributed by atoms with Gasteiger partial charge in [0.05, 0.1) is 11.7 Å². The molecule has 0 aromatic heterocycles. The van der Waals surface area contributed by atoms with Gasteiger partial charge in [0.15, 0.2) is 0 Å². The van der Waals surface area contributed by atoms with Gasteiger partial charge in [0, 0.05) is 6.42 Å². The average Bonchev–Trinajstić information content (AvgIpc) is 2.35. The van der Waals surface area contributed by atoms with Gasteiger partial charge < -0.3 is 10.2 Å². The van der Waals surface area contributed by atoms with Crippen LogP contribution in [0.15, 0.2) is 12.7 Å². The number of rotatable bonds is 1. The number of aliphatic hydroxyl groups excluding tert-OH is 1. The molecule has 0 spiro atoms. The van der Waals surface area contributed by atoms with Gasteiger partial charge in [-0.1, -0.05) is 40.2 Å². The summed E-state index contributed by atoms with van der Waals surface area (Å²) in [7, 11) is 0. The smallest absolute Gasteiger partial charge is 0.0714 e. The molecular weight excluding hydrogens is 272 g/mol. The second-order valence-corrected chi connectivity index (χ2v) is 9.83. The largest absolute Gasteiger partial charge is 0.393 e. The number of hydrogen-bond acceptors (Lipinski definition) is 2. The van der Waals surface area contributed by atoms with E-state index in [1.807, 2.05) is 6.08 Å². The molecule has 126 valence electrons. The highest BCUT2D eigenvalue weighted by atomic mass is 16.3. The maximum absolute atomic E-state index is 11.5. The summed E-state index contributed by atoms with van der Waals surface area (Å²) < 4.78 is 0. The lowest BCUT2D eigenvalue weighted by molar-refractivity contribution is -0.239. The van der Waals surface area contributed by atoms with Gasteiger partial charge in [-0.3, -0.25) is 0 Å². The molecule has 3 aliphatic carbocycles. The molecule has 0 bridgehead atoms. The quantitative estimate of drug-likeness (QED) is 0.709. The van der Waals surface area contributed by atoms with Crippen molar-refractivity contribution < 1.29 is 10.2 Å². The summed E-state index contributed by atoms with van der Waals surface area (Å²) in [6, 6.07) is 0. The first-order chi connectivity index (χ1) is 10.1. The second kappa shape index (κ2) is 4.83. The Labute approximate surface area is 136 Å². The van der Waals surface area contributed by atoms with Crippen LogP contribution in [-0.2, 0) is 0 Å². The molecule has 0 aromatic carbocycles. The summed E-state index contributed by atoms with van der Waals surface area (Å²) in [5, 5.41) is 22.5. The predicted octanol–water partition coefficient (Wildman–Crippen LogP) is 4.31. The van der Waals surface area contributed by atoms with Crippen LogP contribution in [0.5, 0.6) is 0 Å². The molecule has 0 radical (unpaired) electrons. The Hall–Kier alpha value is -0.340. The van der Waals surface area contributed by atoms with E-state index in [2.05, 4.69) is 34.3 Å². The first-order valence-corrected chi connectivity index (χ1v) is 9.10. The highest BCUT2D eigenvalue weighted by Gasteiger charge is 2.64. The molecule has 0 amide bonds. The summed E-state index contributed by atoms with van der Waals surface area (Å²) in [5.74, 6) is 0.633. The van der Waals surface area contributed by atoms with Gasteiger partial charge in [-0.25, -0.2) is 0 Å². The molecular formula is C20H34O2. The Bertz CT molecular complexity index is 470. The highest BCUT2D eigenvalue weighted by molar-refractivity contribution is 5.16. The molecule has 0 aliphatic heterocycles. The standard InChI is InChI=1S/C20H34O2/c1-6-18(4)11-8-15-19(5)10-7-9-17(2,3)16(19)14(21)12-20(15,22)13-18/h6,14-16,21-22H,1,7-13H2,2-5H3/t14?,15-,16+,18-,19-,20-/m1/s1. The van der Waals surface area contributed by atoms with E-state index in [0.29, 0.717) is 18.3 Å². The van der Waals surface area contributed by atoms with Crippen LogP contribution in [-0.4, -0.2) is 21.9 Å². The van der Waals surface area contributed by atoms with Crippen molar-refractivity contribution in [2.24, 2.45) is 28.1 Å². The van der Waals surface area contributed by atoms with Crippen LogP contribution >= 0.6 is 0 Å². The van der Waals surface area contributed by atoms with Gasteiger partial charge in [0.2, 0.25) is 0 Å². The molecule has 6 atom stereocenters. The summed E-state index contributed by atoms with van der Waals surface area (Å²) in [5.41, 5.74) is -0.471.